The van der Waals surface area contributed by atoms with E-state index in [0.29, 0.717) is 5.56 Å². The van der Waals surface area contributed by atoms with E-state index in [0.717, 1.165) is 28.0 Å². The minimum absolute atomic E-state index is 0.173. The molecule has 2 rings (SSSR count). The molecule has 0 amide bonds. The van der Waals surface area contributed by atoms with Gasteiger partial charge in [0.2, 0.25) is 0 Å². The van der Waals surface area contributed by atoms with Gasteiger partial charge in [-0.15, -0.1) is 0 Å². The number of benzene rings is 2. The Balaban J connectivity index is 2.53. The van der Waals surface area contributed by atoms with Crippen molar-refractivity contribution in [3.05, 3.63) is 53.1 Å². The first-order chi connectivity index (χ1) is 10.6. The van der Waals surface area contributed by atoms with E-state index in [1.807, 2.05) is 44.2 Å². The molecule has 0 N–H and O–H groups in total. The van der Waals surface area contributed by atoms with Crippen LogP contribution in [0.1, 0.15) is 21.5 Å². The molecular weight excluding hydrogens is 280 g/mol. The minimum atomic E-state index is -0.354. The largest absolute Gasteiger partial charge is 0.467 e. The van der Waals surface area contributed by atoms with Crippen LogP contribution in [0.5, 0.6) is 5.75 Å². The van der Waals surface area contributed by atoms with Crippen LogP contribution in [0.25, 0.3) is 11.1 Å². The van der Waals surface area contributed by atoms with Gasteiger partial charge in [0.05, 0.1) is 12.7 Å². The van der Waals surface area contributed by atoms with Crippen LogP contribution in [0, 0.1) is 13.8 Å². The third-order valence-corrected chi connectivity index (χ3v) is 3.42. The third kappa shape index (κ3) is 3.46. The smallest absolute Gasteiger partial charge is 0.337 e. The molecule has 2 aromatic rings. The van der Waals surface area contributed by atoms with E-state index in [9.17, 15) is 4.79 Å². The molecule has 0 aromatic heterocycles. The Kier molecular flexibility index (Phi) is 5.17. The maximum Gasteiger partial charge on any atom is 0.337 e. The van der Waals surface area contributed by atoms with Gasteiger partial charge in [-0.05, 0) is 48.7 Å². The Morgan fingerprint density at radius 1 is 1.00 bits per heavy atom. The molecule has 0 aliphatic rings. The van der Waals surface area contributed by atoms with E-state index in [-0.39, 0.29) is 12.8 Å². The van der Waals surface area contributed by atoms with Gasteiger partial charge in [-0.3, -0.25) is 0 Å². The number of esters is 1. The number of hydrogen-bond acceptors (Lipinski definition) is 4. The van der Waals surface area contributed by atoms with Crippen molar-refractivity contribution in [2.24, 2.45) is 0 Å². The van der Waals surface area contributed by atoms with Crippen LogP contribution < -0.4 is 4.74 Å². The molecule has 0 saturated heterocycles. The molecule has 116 valence electrons. The first kappa shape index (κ1) is 16.0. The summed E-state index contributed by atoms with van der Waals surface area (Å²) in [6, 6.07) is 11.4. The van der Waals surface area contributed by atoms with E-state index in [1.54, 1.807) is 13.2 Å². The lowest BCUT2D eigenvalue weighted by Gasteiger charge is -2.14. The Morgan fingerprint density at radius 2 is 1.77 bits per heavy atom. The fraction of sp³-hybridized carbons (Fsp3) is 0.278. The zero-order valence-electron chi connectivity index (χ0n) is 13.3. The van der Waals surface area contributed by atoms with Crippen molar-refractivity contribution in [3.8, 4) is 16.9 Å². The second-order valence-electron chi connectivity index (χ2n) is 5.07. The lowest BCUT2D eigenvalue weighted by atomic mass is 9.96. The molecule has 22 heavy (non-hydrogen) atoms. The van der Waals surface area contributed by atoms with Crippen molar-refractivity contribution in [2.75, 3.05) is 21.0 Å². The number of carbonyl (C=O) groups is 1. The van der Waals surface area contributed by atoms with Crippen molar-refractivity contribution in [3.63, 3.8) is 0 Å². The number of methoxy groups -OCH3 is 2. The molecule has 0 saturated carbocycles. The highest BCUT2D eigenvalue weighted by molar-refractivity contribution is 5.91. The second kappa shape index (κ2) is 7.09. The average Bonchev–Trinajstić information content (AvgIpc) is 2.53. The van der Waals surface area contributed by atoms with E-state index < -0.39 is 0 Å². The fourth-order valence-electron chi connectivity index (χ4n) is 2.25. The monoisotopic (exact) mass is 300 g/mol. The predicted molar refractivity (Wildman–Crippen MR) is 85.2 cm³/mol. The van der Waals surface area contributed by atoms with Gasteiger partial charge in [-0.2, -0.15) is 0 Å². The maximum absolute atomic E-state index is 11.7. The summed E-state index contributed by atoms with van der Waals surface area (Å²) in [4.78, 5) is 11.7. The van der Waals surface area contributed by atoms with Crippen LogP contribution >= 0.6 is 0 Å². The number of hydrogen-bond donors (Lipinski definition) is 0. The number of carbonyl (C=O) groups excluding carboxylic acids is 1. The molecule has 0 aliphatic heterocycles. The van der Waals surface area contributed by atoms with Crippen molar-refractivity contribution in [1.82, 2.24) is 0 Å². The summed E-state index contributed by atoms with van der Waals surface area (Å²) < 4.78 is 15.4. The molecule has 0 fully saturated rings. The molecule has 2 aromatic carbocycles. The first-order valence-corrected chi connectivity index (χ1v) is 6.98. The highest BCUT2D eigenvalue weighted by atomic mass is 16.7. The fourth-order valence-corrected chi connectivity index (χ4v) is 2.25. The van der Waals surface area contributed by atoms with Gasteiger partial charge in [-0.1, -0.05) is 18.2 Å². The summed E-state index contributed by atoms with van der Waals surface area (Å²) in [5.74, 6) is 0.375. The molecule has 0 atom stereocenters. The highest BCUT2D eigenvalue weighted by Crippen LogP contribution is 2.34. The Morgan fingerprint density at radius 3 is 2.45 bits per heavy atom. The van der Waals surface area contributed by atoms with Crippen LogP contribution in [0.2, 0.25) is 0 Å². The Hall–Kier alpha value is -2.33. The number of ether oxygens (including phenoxy) is 3. The molecule has 0 radical (unpaired) electrons. The molecule has 4 heteroatoms. The van der Waals surface area contributed by atoms with Crippen molar-refractivity contribution >= 4 is 5.97 Å². The van der Waals surface area contributed by atoms with Crippen LogP contribution in [0.4, 0.5) is 0 Å². The Bertz CT molecular complexity index is 677. The lowest BCUT2D eigenvalue weighted by molar-refractivity contribution is 0.0514. The summed E-state index contributed by atoms with van der Waals surface area (Å²) in [5, 5.41) is 0. The van der Waals surface area contributed by atoms with Gasteiger partial charge >= 0.3 is 5.97 Å². The zero-order chi connectivity index (χ0) is 16.1. The van der Waals surface area contributed by atoms with E-state index in [4.69, 9.17) is 14.2 Å². The lowest BCUT2D eigenvalue weighted by Crippen LogP contribution is -2.03. The maximum atomic E-state index is 11.7. The minimum Gasteiger partial charge on any atom is -0.467 e. The molecular formula is C18H20O4. The van der Waals surface area contributed by atoms with Gasteiger partial charge in [0.15, 0.2) is 6.79 Å². The van der Waals surface area contributed by atoms with Crippen molar-refractivity contribution in [1.29, 1.82) is 0 Å². The van der Waals surface area contributed by atoms with Gasteiger partial charge in [0, 0.05) is 12.7 Å². The number of aryl methyl sites for hydroxylation is 2. The summed E-state index contributed by atoms with van der Waals surface area (Å²) >= 11 is 0. The van der Waals surface area contributed by atoms with Gasteiger partial charge in [0.25, 0.3) is 0 Å². The van der Waals surface area contributed by atoms with Gasteiger partial charge in [0.1, 0.15) is 5.75 Å². The molecule has 4 nitrogen and oxygen atoms in total. The van der Waals surface area contributed by atoms with Crippen LogP contribution in [-0.4, -0.2) is 27.0 Å². The molecule has 0 heterocycles. The second-order valence-corrected chi connectivity index (χ2v) is 5.07. The average molecular weight is 300 g/mol. The standard InChI is InChI=1S/C18H20O4/c1-12-5-8-15(17(9-12)22-11-20-3)16-10-14(18(19)21-4)7-6-13(16)2/h5-10H,11H2,1-4H3. The van der Waals surface area contributed by atoms with Crippen LogP contribution in [-0.2, 0) is 9.47 Å². The molecule has 0 spiro atoms. The third-order valence-electron chi connectivity index (χ3n) is 3.42. The normalized spacial score (nSPS) is 10.4. The van der Waals surface area contributed by atoms with Crippen LogP contribution in [0.3, 0.4) is 0 Å². The first-order valence-electron chi connectivity index (χ1n) is 6.98. The van der Waals surface area contributed by atoms with Crippen molar-refractivity contribution in [2.45, 2.75) is 13.8 Å². The molecule has 0 aliphatic carbocycles. The van der Waals surface area contributed by atoms with E-state index >= 15 is 0 Å². The quantitative estimate of drug-likeness (QED) is 0.623. The van der Waals surface area contributed by atoms with Gasteiger partial charge < -0.3 is 14.2 Å². The molecule has 0 bridgehead atoms. The van der Waals surface area contributed by atoms with Gasteiger partial charge in [-0.25, -0.2) is 4.79 Å². The predicted octanol–water partition coefficient (Wildman–Crippen LogP) is 3.74. The summed E-state index contributed by atoms with van der Waals surface area (Å²) in [6.45, 7) is 4.17. The summed E-state index contributed by atoms with van der Waals surface area (Å²) in [7, 11) is 2.96. The SMILES string of the molecule is COCOc1cc(C)ccc1-c1cc(C(=O)OC)ccc1C. The zero-order valence-corrected chi connectivity index (χ0v) is 13.3. The Labute approximate surface area is 130 Å². The molecule has 0 unspecified atom stereocenters. The van der Waals surface area contributed by atoms with E-state index in [1.165, 1.54) is 7.11 Å². The van der Waals surface area contributed by atoms with Crippen molar-refractivity contribution < 1.29 is 19.0 Å². The number of rotatable bonds is 5. The van der Waals surface area contributed by atoms with Crippen LogP contribution in [0.15, 0.2) is 36.4 Å². The topological polar surface area (TPSA) is 44.8 Å². The summed E-state index contributed by atoms with van der Waals surface area (Å²) in [6.07, 6.45) is 0. The summed E-state index contributed by atoms with van der Waals surface area (Å²) in [5.41, 5.74) is 4.52. The van der Waals surface area contributed by atoms with E-state index in [2.05, 4.69) is 0 Å². The highest BCUT2D eigenvalue weighted by Gasteiger charge is 2.13.